The molecule has 0 aliphatic carbocycles. The van der Waals surface area contributed by atoms with Gasteiger partial charge in [-0.25, -0.2) is 17.8 Å². The van der Waals surface area contributed by atoms with Gasteiger partial charge in [0.15, 0.2) is 5.16 Å². The lowest BCUT2D eigenvalue weighted by Crippen LogP contribution is -2.27. The number of nitrogens with zero attached hydrogens (tertiary/aromatic N) is 3. The third-order valence-corrected chi connectivity index (χ3v) is 9.39. The molecule has 5 rings (SSSR count). The second-order valence-electron chi connectivity index (χ2n) is 8.76. The van der Waals surface area contributed by atoms with Gasteiger partial charge in [-0.2, -0.15) is 4.31 Å². The average molecular weight is 490 g/mol. The van der Waals surface area contributed by atoms with Crippen molar-refractivity contribution in [3.63, 3.8) is 0 Å². The molecular formula is C24H28FN3O3S2. The topological polar surface area (TPSA) is 64.4 Å². The van der Waals surface area contributed by atoms with Crippen LogP contribution in [0.15, 0.2) is 46.5 Å². The molecule has 0 unspecified atom stereocenters. The molecular weight excluding hydrogens is 461 g/mol. The summed E-state index contributed by atoms with van der Waals surface area (Å²) in [6.45, 7) is 4.55. The van der Waals surface area contributed by atoms with Crippen molar-refractivity contribution in [1.29, 1.82) is 0 Å². The molecule has 2 saturated heterocycles. The zero-order valence-corrected chi connectivity index (χ0v) is 20.3. The summed E-state index contributed by atoms with van der Waals surface area (Å²) in [5.74, 6) is 0.331. The van der Waals surface area contributed by atoms with Gasteiger partial charge in [0, 0.05) is 25.4 Å². The lowest BCUT2D eigenvalue weighted by Gasteiger charge is -2.16. The largest absolute Gasteiger partial charge is 0.376 e. The molecule has 0 radical (unpaired) electrons. The summed E-state index contributed by atoms with van der Waals surface area (Å²) in [6.07, 6.45) is 3.95. The van der Waals surface area contributed by atoms with Gasteiger partial charge in [0.25, 0.3) is 0 Å². The fourth-order valence-electron chi connectivity index (χ4n) is 4.54. The van der Waals surface area contributed by atoms with E-state index < -0.39 is 10.0 Å². The van der Waals surface area contributed by atoms with Crippen LogP contribution in [-0.4, -0.2) is 48.1 Å². The van der Waals surface area contributed by atoms with Crippen molar-refractivity contribution in [3.05, 3.63) is 53.3 Å². The van der Waals surface area contributed by atoms with Gasteiger partial charge in [0.2, 0.25) is 10.0 Å². The molecule has 0 N–H and O–H groups in total. The molecule has 2 aliphatic heterocycles. The number of benzene rings is 2. The van der Waals surface area contributed by atoms with Gasteiger partial charge in [0.1, 0.15) is 5.82 Å². The van der Waals surface area contributed by atoms with Crippen molar-refractivity contribution in [3.8, 4) is 0 Å². The highest BCUT2D eigenvalue weighted by atomic mass is 32.2. The predicted octanol–water partition coefficient (Wildman–Crippen LogP) is 4.74. The first-order valence-electron chi connectivity index (χ1n) is 11.4. The highest BCUT2D eigenvalue weighted by molar-refractivity contribution is 7.98. The van der Waals surface area contributed by atoms with E-state index in [2.05, 4.69) is 4.57 Å². The van der Waals surface area contributed by atoms with E-state index in [0.717, 1.165) is 54.1 Å². The SMILES string of the molecule is Cc1ccc(F)cc1CSc1nc2cc(S(=O)(=O)N3CCCC3)ccc2n1C[C@@H]1CCCO1. The Morgan fingerprint density at radius 1 is 1.15 bits per heavy atom. The van der Waals surface area contributed by atoms with Crippen molar-refractivity contribution in [1.82, 2.24) is 13.9 Å². The summed E-state index contributed by atoms with van der Waals surface area (Å²) >= 11 is 1.54. The van der Waals surface area contributed by atoms with Crippen LogP contribution in [-0.2, 0) is 27.1 Å². The van der Waals surface area contributed by atoms with Crippen molar-refractivity contribution in [2.75, 3.05) is 19.7 Å². The first-order chi connectivity index (χ1) is 15.9. The zero-order valence-electron chi connectivity index (χ0n) is 18.7. The van der Waals surface area contributed by atoms with Crippen LogP contribution in [0.1, 0.15) is 36.8 Å². The third-order valence-electron chi connectivity index (χ3n) is 6.47. The summed E-state index contributed by atoms with van der Waals surface area (Å²) in [4.78, 5) is 5.10. The fraction of sp³-hybridized carbons (Fsp3) is 0.458. The molecule has 2 fully saturated rings. The number of rotatable bonds is 7. The van der Waals surface area contributed by atoms with Crippen molar-refractivity contribution >= 4 is 32.8 Å². The van der Waals surface area contributed by atoms with Gasteiger partial charge in [-0.3, -0.25) is 0 Å². The molecule has 0 spiro atoms. The van der Waals surface area contributed by atoms with Crippen molar-refractivity contribution < 1.29 is 17.5 Å². The van der Waals surface area contributed by atoms with Crippen LogP contribution >= 0.6 is 11.8 Å². The minimum Gasteiger partial charge on any atom is -0.376 e. The molecule has 176 valence electrons. The van der Waals surface area contributed by atoms with Gasteiger partial charge >= 0.3 is 0 Å². The molecule has 6 nitrogen and oxygen atoms in total. The maximum absolute atomic E-state index is 13.8. The summed E-state index contributed by atoms with van der Waals surface area (Å²) in [5.41, 5.74) is 3.51. The van der Waals surface area contributed by atoms with Crippen LogP contribution in [0.3, 0.4) is 0 Å². The number of halogens is 1. The molecule has 3 aromatic rings. The first-order valence-corrected chi connectivity index (χ1v) is 13.8. The van der Waals surface area contributed by atoms with Crippen molar-refractivity contribution in [2.24, 2.45) is 0 Å². The molecule has 0 saturated carbocycles. The smallest absolute Gasteiger partial charge is 0.243 e. The lowest BCUT2D eigenvalue weighted by molar-refractivity contribution is 0.0960. The molecule has 0 amide bonds. The molecule has 1 atom stereocenters. The number of aromatic nitrogens is 2. The number of thioether (sulfide) groups is 1. The maximum Gasteiger partial charge on any atom is 0.243 e. The normalized spacial score (nSPS) is 19.6. The van der Waals surface area contributed by atoms with E-state index in [4.69, 9.17) is 9.72 Å². The van der Waals surface area contributed by atoms with E-state index in [1.807, 2.05) is 13.0 Å². The average Bonchev–Trinajstić information content (AvgIpc) is 3.56. The second kappa shape index (κ2) is 9.37. The van der Waals surface area contributed by atoms with Gasteiger partial charge in [0.05, 0.1) is 28.6 Å². The molecule has 0 bridgehead atoms. The van der Waals surface area contributed by atoms with E-state index >= 15 is 0 Å². The standard InChI is InChI=1S/C24H28FN3O3S2/c1-17-6-7-19(25)13-18(17)16-32-24-26-22-14-21(33(29,30)27-10-2-3-11-27)8-9-23(22)28(24)15-20-5-4-12-31-20/h6-9,13-14,20H,2-5,10-12,15-16H2,1H3/t20-/m0/s1. The quantitative estimate of drug-likeness (QED) is 0.449. The van der Waals surface area contributed by atoms with E-state index in [1.165, 1.54) is 6.07 Å². The lowest BCUT2D eigenvalue weighted by atomic mass is 10.1. The molecule has 2 aliphatic rings. The minimum atomic E-state index is -3.51. The Morgan fingerprint density at radius 2 is 1.97 bits per heavy atom. The number of ether oxygens (including phenoxy) is 1. The number of hydrogen-bond acceptors (Lipinski definition) is 5. The number of sulfonamides is 1. The Balaban J connectivity index is 1.49. The van der Waals surface area contributed by atoms with E-state index in [9.17, 15) is 12.8 Å². The van der Waals surface area contributed by atoms with Gasteiger partial charge < -0.3 is 9.30 Å². The van der Waals surface area contributed by atoms with Crippen LogP contribution in [0.25, 0.3) is 11.0 Å². The fourth-order valence-corrected chi connectivity index (χ4v) is 7.17. The van der Waals surface area contributed by atoms with E-state index in [1.54, 1.807) is 40.3 Å². The predicted molar refractivity (Wildman–Crippen MR) is 127 cm³/mol. The molecule has 3 heterocycles. The van der Waals surface area contributed by atoms with Gasteiger partial charge in [-0.05, 0) is 74.1 Å². The van der Waals surface area contributed by atoms with Crippen LogP contribution in [0.4, 0.5) is 4.39 Å². The molecule has 9 heteroatoms. The monoisotopic (exact) mass is 489 g/mol. The number of aryl methyl sites for hydroxylation is 1. The highest BCUT2D eigenvalue weighted by Gasteiger charge is 2.28. The Kier molecular flexibility index (Phi) is 6.48. The van der Waals surface area contributed by atoms with Crippen LogP contribution < -0.4 is 0 Å². The Morgan fingerprint density at radius 3 is 2.73 bits per heavy atom. The maximum atomic E-state index is 13.8. The summed E-state index contributed by atoms with van der Waals surface area (Å²) in [5, 5.41) is 0.792. The summed E-state index contributed by atoms with van der Waals surface area (Å²) < 4.78 is 49.4. The highest BCUT2D eigenvalue weighted by Crippen LogP contribution is 2.31. The third kappa shape index (κ3) is 4.69. The van der Waals surface area contributed by atoms with E-state index in [0.29, 0.717) is 30.9 Å². The summed E-state index contributed by atoms with van der Waals surface area (Å²) in [7, 11) is -3.51. The second-order valence-corrected chi connectivity index (χ2v) is 11.6. The number of fused-ring (bicyclic) bond motifs is 1. The zero-order chi connectivity index (χ0) is 23.0. The van der Waals surface area contributed by atoms with Crippen LogP contribution in [0.5, 0.6) is 0 Å². The van der Waals surface area contributed by atoms with Crippen LogP contribution in [0, 0.1) is 12.7 Å². The number of hydrogen-bond donors (Lipinski definition) is 0. The Hall–Kier alpha value is -1.94. The molecule has 1 aromatic heterocycles. The number of imidazole rings is 1. The van der Waals surface area contributed by atoms with Crippen molar-refractivity contribution in [2.45, 2.75) is 61.1 Å². The minimum absolute atomic E-state index is 0.116. The van der Waals surface area contributed by atoms with E-state index in [-0.39, 0.29) is 16.8 Å². The Labute approximate surface area is 198 Å². The molecule has 33 heavy (non-hydrogen) atoms. The Bertz CT molecular complexity index is 1260. The summed E-state index contributed by atoms with van der Waals surface area (Å²) in [6, 6.07) is 10.1. The van der Waals surface area contributed by atoms with Gasteiger partial charge in [-0.1, -0.05) is 17.8 Å². The van der Waals surface area contributed by atoms with Crippen LogP contribution in [0.2, 0.25) is 0 Å². The van der Waals surface area contributed by atoms with Gasteiger partial charge in [-0.15, -0.1) is 0 Å². The molecule has 2 aromatic carbocycles. The first kappa shape index (κ1) is 22.8.